The molecule has 2 aromatic carbocycles. The number of hydrogen-bond donors (Lipinski definition) is 0. The van der Waals surface area contributed by atoms with Gasteiger partial charge in [0, 0.05) is 36.8 Å². The van der Waals surface area contributed by atoms with E-state index < -0.39 is 0 Å². The molecule has 0 saturated carbocycles. The van der Waals surface area contributed by atoms with Crippen molar-refractivity contribution in [3.63, 3.8) is 0 Å². The van der Waals surface area contributed by atoms with Crippen LogP contribution < -0.4 is 4.90 Å². The van der Waals surface area contributed by atoms with Crippen molar-refractivity contribution in [1.29, 1.82) is 0 Å². The van der Waals surface area contributed by atoms with E-state index >= 15 is 0 Å². The zero-order valence-corrected chi connectivity index (χ0v) is 12.8. The summed E-state index contributed by atoms with van der Waals surface area (Å²) < 4.78 is 13.8. The average molecular weight is 319 g/mol. The monoisotopic (exact) mass is 318 g/mol. The molecule has 0 bridgehead atoms. The van der Waals surface area contributed by atoms with Crippen molar-refractivity contribution in [2.45, 2.75) is 0 Å². The Balaban J connectivity index is 1.65. The summed E-state index contributed by atoms with van der Waals surface area (Å²) in [6, 6.07) is 13.6. The van der Waals surface area contributed by atoms with Gasteiger partial charge in [0.05, 0.1) is 5.69 Å². The Bertz CT molecular complexity index is 667. The number of benzene rings is 2. The molecule has 0 aromatic heterocycles. The smallest absolute Gasteiger partial charge is 0.253 e. The Morgan fingerprint density at radius 2 is 1.59 bits per heavy atom. The van der Waals surface area contributed by atoms with Gasteiger partial charge in [-0.15, -0.1) is 0 Å². The lowest BCUT2D eigenvalue weighted by molar-refractivity contribution is 0.0746. The number of para-hydroxylation sites is 1. The van der Waals surface area contributed by atoms with E-state index in [0.29, 0.717) is 42.5 Å². The Hall–Kier alpha value is -2.07. The number of amides is 1. The summed E-state index contributed by atoms with van der Waals surface area (Å²) >= 11 is 5.84. The van der Waals surface area contributed by atoms with Crippen molar-refractivity contribution in [1.82, 2.24) is 4.90 Å². The Morgan fingerprint density at radius 1 is 0.955 bits per heavy atom. The summed E-state index contributed by atoms with van der Waals surface area (Å²) in [5, 5.41) is 0.612. The molecule has 114 valence electrons. The maximum Gasteiger partial charge on any atom is 0.253 e. The molecule has 0 unspecified atom stereocenters. The van der Waals surface area contributed by atoms with E-state index in [-0.39, 0.29) is 11.7 Å². The second-order valence-corrected chi connectivity index (χ2v) is 5.67. The van der Waals surface area contributed by atoms with Crippen LogP contribution in [0.3, 0.4) is 0 Å². The number of carbonyl (C=O) groups excluding carboxylic acids is 1. The van der Waals surface area contributed by atoms with E-state index in [0.717, 1.165) is 0 Å². The highest BCUT2D eigenvalue weighted by atomic mass is 35.5. The van der Waals surface area contributed by atoms with Gasteiger partial charge >= 0.3 is 0 Å². The first kappa shape index (κ1) is 14.9. The van der Waals surface area contributed by atoms with Crippen LogP contribution in [0.1, 0.15) is 10.4 Å². The standard InChI is InChI=1S/C17H16ClFN2O/c18-14-7-5-13(6-8-14)17(22)21-11-9-20(10-12-21)16-4-2-1-3-15(16)19/h1-8H,9-12H2. The van der Waals surface area contributed by atoms with Crippen LogP contribution in [0.25, 0.3) is 0 Å². The van der Waals surface area contributed by atoms with Gasteiger partial charge in [0.2, 0.25) is 0 Å². The van der Waals surface area contributed by atoms with Gasteiger partial charge < -0.3 is 9.80 Å². The Morgan fingerprint density at radius 3 is 2.23 bits per heavy atom. The fourth-order valence-corrected chi connectivity index (χ4v) is 2.76. The molecule has 1 aliphatic heterocycles. The van der Waals surface area contributed by atoms with Gasteiger partial charge in [-0.3, -0.25) is 4.79 Å². The molecule has 1 aliphatic rings. The highest BCUT2D eigenvalue weighted by Crippen LogP contribution is 2.21. The van der Waals surface area contributed by atoms with Gasteiger partial charge in [0.15, 0.2) is 0 Å². The Labute approximate surface area is 133 Å². The highest BCUT2D eigenvalue weighted by Gasteiger charge is 2.23. The lowest BCUT2D eigenvalue weighted by Gasteiger charge is -2.36. The summed E-state index contributed by atoms with van der Waals surface area (Å²) in [7, 11) is 0. The van der Waals surface area contributed by atoms with Gasteiger partial charge in [0.1, 0.15) is 5.82 Å². The van der Waals surface area contributed by atoms with Crippen molar-refractivity contribution in [3.8, 4) is 0 Å². The molecular formula is C17H16ClFN2O. The molecule has 1 saturated heterocycles. The minimum absolute atomic E-state index is 0.00940. The normalized spacial score (nSPS) is 15.0. The van der Waals surface area contributed by atoms with E-state index in [9.17, 15) is 9.18 Å². The quantitative estimate of drug-likeness (QED) is 0.847. The van der Waals surface area contributed by atoms with Crippen LogP contribution >= 0.6 is 11.6 Å². The maximum absolute atomic E-state index is 13.8. The van der Waals surface area contributed by atoms with Crippen LogP contribution in [0.5, 0.6) is 0 Å². The molecule has 1 fully saturated rings. The largest absolute Gasteiger partial charge is 0.366 e. The van der Waals surface area contributed by atoms with Gasteiger partial charge in [-0.25, -0.2) is 4.39 Å². The zero-order chi connectivity index (χ0) is 15.5. The molecule has 0 atom stereocenters. The molecule has 3 nitrogen and oxygen atoms in total. The van der Waals surface area contributed by atoms with Crippen LogP contribution in [-0.4, -0.2) is 37.0 Å². The number of rotatable bonds is 2. The predicted molar refractivity (Wildman–Crippen MR) is 86.0 cm³/mol. The molecule has 22 heavy (non-hydrogen) atoms. The first-order valence-corrected chi connectivity index (χ1v) is 7.57. The number of hydrogen-bond acceptors (Lipinski definition) is 2. The third-order valence-electron chi connectivity index (χ3n) is 3.85. The number of piperazine rings is 1. The molecular weight excluding hydrogens is 303 g/mol. The molecule has 2 aromatic rings. The van der Waals surface area contributed by atoms with Crippen LogP contribution in [-0.2, 0) is 0 Å². The summed E-state index contributed by atoms with van der Waals surface area (Å²) in [5.41, 5.74) is 1.23. The first-order valence-electron chi connectivity index (χ1n) is 7.19. The summed E-state index contributed by atoms with van der Waals surface area (Å²) in [6.07, 6.45) is 0. The van der Waals surface area contributed by atoms with Crippen molar-refractivity contribution in [2.75, 3.05) is 31.1 Å². The Kier molecular flexibility index (Phi) is 4.29. The van der Waals surface area contributed by atoms with Crippen molar-refractivity contribution < 1.29 is 9.18 Å². The van der Waals surface area contributed by atoms with Gasteiger partial charge in [-0.1, -0.05) is 23.7 Å². The third kappa shape index (κ3) is 3.07. The molecule has 3 rings (SSSR count). The van der Waals surface area contributed by atoms with Gasteiger partial charge in [0.25, 0.3) is 5.91 Å². The van der Waals surface area contributed by atoms with Gasteiger partial charge in [-0.2, -0.15) is 0 Å². The maximum atomic E-state index is 13.8. The second kappa shape index (κ2) is 6.36. The minimum atomic E-state index is -0.222. The van der Waals surface area contributed by atoms with Gasteiger partial charge in [-0.05, 0) is 36.4 Å². The van der Waals surface area contributed by atoms with Crippen LogP contribution in [0.4, 0.5) is 10.1 Å². The lowest BCUT2D eigenvalue weighted by atomic mass is 10.1. The van der Waals surface area contributed by atoms with E-state index in [1.807, 2.05) is 11.0 Å². The molecule has 5 heteroatoms. The summed E-state index contributed by atoms with van der Waals surface area (Å²) in [5.74, 6) is -0.232. The van der Waals surface area contributed by atoms with Crippen LogP contribution in [0.15, 0.2) is 48.5 Å². The molecule has 1 amide bonds. The average Bonchev–Trinajstić information content (AvgIpc) is 2.56. The fourth-order valence-electron chi connectivity index (χ4n) is 2.63. The van der Waals surface area contributed by atoms with Crippen molar-refractivity contribution in [3.05, 3.63) is 64.9 Å². The number of anilines is 1. The number of carbonyl (C=O) groups is 1. The van der Waals surface area contributed by atoms with E-state index in [1.54, 1.807) is 41.3 Å². The molecule has 0 radical (unpaired) electrons. The second-order valence-electron chi connectivity index (χ2n) is 5.24. The third-order valence-corrected chi connectivity index (χ3v) is 4.10. The topological polar surface area (TPSA) is 23.6 Å². The predicted octanol–water partition coefficient (Wildman–Crippen LogP) is 3.44. The molecule has 1 heterocycles. The van der Waals surface area contributed by atoms with Crippen LogP contribution in [0.2, 0.25) is 5.02 Å². The SMILES string of the molecule is O=C(c1ccc(Cl)cc1)N1CCN(c2ccccc2F)CC1. The zero-order valence-electron chi connectivity index (χ0n) is 12.0. The van der Waals surface area contributed by atoms with Crippen molar-refractivity contribution >= 4 is 23.2 Å². The van der Waals surface area contributed by atoms with Crippen LogP contribution in [0, 0.1) is 5.82 Å². The van der Waals surface area contributed by atoms with E-state index in [2.05, 4.69) is 0 Å². The molecule has 0 N–H and O–H groups in total. The fraction of sp³-hybridized carbons (Fsp3) is 0.235. The minimum Gasteiger partial charge on any atom is -0.366 e. The first-order chi connectivity index (χ1) is 10.6. The summed E-state index contributed by atoms with van der Waals surface area (Å²) in [6.45, 7) is 2.41. The lowest BCUT2D eigenvalue weighted by Crippen LogP contribution is -2.49. The van der Waals surface area contributed by atoms with E-state index in [4.69, 9.17) is 11.6 Å². The number of nitrogens with zero attached hydrogens (tertiary/aromatic N) is 2. The molecule has 0 aliphatic carbocycles. The summed E-state index contributed by atoms with van der Waals surface area (Å²) in [4.78, 5) is 16.2. The number of halogens is 2. The van der Waals surface area contributed by atoms with Crippen molar-refractivity contribution in [2.24, 2.45) is 0 Å². The molecule has 0 spiro atoms. The van der Waals surface area contributed by atoms with E-state index in [1.165, 1.54) is 6.07 Å². The highest BCUT2D eigenvalue weighted by molar-refractivity contribution is 6.30.